The lowest BCUT2D eigenvalue weighted by Gasteiger charge is -2.36. The molecule has 5 rings (SSSR count). The molecule has 2 atom stereocenters. The molecule has 3 heterocycles. The van der Waals surface area contributed by atoms with E-state index in [-0.39, 0.29) is 18.1 Å². The number of pyridine rings is 1. The van der Waals surface area contributed by atoms with Crippen molar-refractivity contribution in [1.82, 2.24) is 10.3 Å². The number of benzene rings is 2. The van der Waals surface area contributed by atoms with Crippen molar-refractivity contribution < 1.29 is 9.53 Å². The SMILES string of the molecule is CC1CN(c2ccc(CNC(=O)c3ccc(N4CCc5ccccc5C4)cc3)cn2)CC(C)O1. The number of carbonyl (C=O) groups is 1. The lowest BCUT2D eigenvalue weighted by atomic mass is 9.99. The molecule has 176 valence electrons. The van der Waals surface area contributed by atoms with Crippen molar-refractivity contribution in [2.75, 3.05) is 29.4 Å². The van der Waals surface area contributed by atoms with Gasteiger partial charge in [-0.25, -0.2) is 4.98 Å². The number of aromatic nitrogens is 1. The highest BCUT2D eigenvalue weighted by molar-refractivity contribution is 5.94. The van der Waals surface area contributed by atoms with Crippen LogP contribution in [0.25, 0.3) is 0 Å². The fraction of sp³-hybridized carbons (Fsp3) is 0.357. The van der Waals surface area contributed by atoms with Gasteiger partial charge in [0.15, 0.2) is 0 Å². The minimum absolute atomic E-state index is 0.0737. The molecule has 0 saturated carbocycles. The van der Waals surface area contributed by atoms with Crippen LogP contribution in [0.3, 0.4) is 0 Å². The first kappa shape index (κ1) is 22.4. The number of carbonyl (C=O) groups excluding carboxylic acids is 1. The van der Waals surface area contributed by atoms with E-state index in [9.17, 15) is 4.79 Å². The van der Waals surface area contributed by atoms with Crippen molar-refractivity contribution in [2.45, 2.75) is 45.6 Å². The van der Waals surface area contributed by atoms with E-state index in [1.54, 1.807) is 0 Å². The number of hydrogen-bond donors (Lipinski definition) is 1. The second kappa shape index (κ2) is 9.85. The Kier molecular flexibility index (Phi) is 6.50. The highest BCUT2D eigenvalue weighted by Crippen LogP contribution is 2.25. The molecular formula is C28H32N4O2. The van der Waals surface area contributed by atoms with Gasteiger partial charge < -0.3 is 19.9 Å². The van der Waals surface area contributed by atoms with Crippen LogP contribution in [-0.2, 0) is 24.2 Å². The van der Waals surface area contributed by atoms with E-state index in [0.717, 1.165) is 49.7 Å². The molecule has 2 aliphatic heterocycles. The minimum atomic E-state index is -0.0737. The summed E-state index contributed by atoms with van der Waals surface area (Å²) in [7, 11) is 0. The molecule has 2 aliphatic rings. The Morgan fingerprint density at radius 3 is 2.41 bits per heavy atom. The minimum Gasteiger partial charge on any atom is -0.372 e. The monoisotopic (exact) mass is 456 g/mol. The zero-order valence-electron chi connectivity index (χ0n) is 19.9. The van der Waals surface area contributed by atoms with Crippen LogP contribution in [0.15, 0.2) is 66.9 Å². The van der Waals surface area contributed by atoms with E-state index in [4.69, 9.17) is 4.74 Å². The van der Waals surface area contributed by atoms with E-state index in [0.29, 0.717) is 12.1 Å². The molecule has 1 aromatic heterocycles. The summed E-state index contributed by atoms with van der Waals surface area (Å²) in [5, 5.41) is 3.01. The Morgan fingerprint density at radius 1 is 0.971 bits per heavy atom. The summed E-state index contributed by atoms with van der Waals surface area (Å²) < 4.78 is 5.80. The van der Waals surface area contributed by atoms with Crippen LogP contribution in [0.4, 0.5) is 11.5 Å². The van der Waals surface area contributed by atoms with Crippen LogP contribution in [0.2, 0.25) is 0 Å². The molecule has 6 nitrogen and oxygen atoms in total. The van der Waals surface area contributed by atoms with Crippen molar-refractivity contribution in [2.24, 2.45) is 0 Å². The van der Waals surface area contributed by atoms with Crippen LogP contribution in [0, 0.1) is 0 Å². The molecule has 0 bridgehead atoms. The number of amides is 1. The number of nitrogens with one attached hydrogen (secondary N) is 1. The molecule has 1 amide bonds. The van der Waals surface area contributed by atoms with Crippen molar-refractivity contribution in [3.8, 4) is 0 Å². The van der Waals surface area contributed by atoms with Gasteiger partial charge in [-0.05, 0) is 67.3 Å². The smallest absolute Gasteiger partial charge is 0.251 e. The first-order chi connectivity index (χ1) is 16.5. The summed E-state index contributed by atoms with van der Waals surface area (Å²) >= 11 is 0. The summed E-state index contributed by atoms with van der Waals surface area (Å²) in [5.41, 5.74) is 5.62. The van der Waals surface area contributed by atoms with Crippen LogP contribution in [-0.4, -0.2) is 42.7 Å². The van der Waals surface area contributed by atoms with Gasteiger partial charge in [-0.2, -0.15) is 0 Å². The van der Waals surface area contributed by atoms with Gasteiger partial charge in [0.05, 0.1) is 12.2 Å². The van der Waals surface area contributed by atoms with Gasteiger partial charge in [0.2, 0.25) is 0 Å². The Balaban J connectivity index is 1.15. The standard InChI is InChI=1S/C28H32N4O2/c1-20-17-32(18-21(2)34-20)27-12-7-22(15-29-27)16-30-28(33)24-8-10-26(11-9-24)31-14-13-23-5-3-4-6-25(23)19-31/h3-12,15,20-21H,13-14,16-19H2,1-2H3,(H,30,33). The maximum atomic E-state index is 12.7. The molecular weight excluding hydrogens is 424 g/mol. The quantitative estimate of drug-likeness (QED) is 0.624. The molecule has 0 radical (unpaired) electrons. The zero-order valence-corrected chi connectivity index (χ0v) is 19.9. The Hall–Kier alpha value is -3.38. The fourth-order valence-electron chi connectivity index (χ4n) is 4.90. The fourth-order valence-corrected chi connectivity index (χ4v) is 4.90. The normalized spacial score (nSPS) is 20.1. The topological polar surface area (TPSA) is 57.7 Å². The summed E-state index contributed by atoms with van der Waals surface area (Å²) in [6.07, 6.45) is 3.29. The van der Waals surface area contributed by atoms with Crippen LogP contribution in [0.5, 0.6) is 0 Å². The van der Waals surface area contributed by atoms with Crippen LogP contribution < -0.4 is 15.1 Å². The summed E-state index contributed by atoms with van der Waals surface area (Å²) in [6.45, 7) is 8.21. The predicted molar refractivity (Wildman–Crippen MR) is 135 cm³/mol. The molecule has 0 spiro atoms. The van der Waals surface area contributed by atoms with Gasteiger partial charge in [-0.1, -0.05) is 30.3 Å². The van der Waals surface area contributed by atoms with Gasteiger partial charge in [0.25, 0.3) is 5.91 Å². The molecule has 0 aliphatic carbocycles. The van der Waals surface area contributed by atoms with Crippen LogP contribution in [0.1, 0.15) is 40.9 Å². The first-order valence-corrected chi connectivity index (χ1v) is 12.1. The Bertz CT molecular complexity index is 1120. The summed E-state index contributed by atoms with van der Waals surface area (Å²) in [5.74, 6) is 0.878. The maximum absolute atomic E-state index is 12.7. The van der Waals surface area contributed by atoms with Gasteiger partial charge in [0.1, 0.15) is 5.82 Å². The number of anilines is 2. The van der Waals surface area contributed by atoms with Gasteiger partial charge in [0, 0.05) is 50.2 Å². The van der Waals surface area contributed by atoms with Crippen LogP contribution >= 0.6 is 0 Å². The second-order valence-electron chi connectivity index (χ2n) is 9.36. The number of nitrogens with zero attached hydrogens (tertiary/aromatic N) is 3. The van der Waals surface area contributed by atoms with Crippen molar-refractivity contribution in [3.63, 3.8) is 0 Å². The van der Waals surface area contributed by atoms with Gasteiger partial charge >= 0.3 is 0 Å². The highest BCUT2D eigenvalue weighted by atomic mass is 16.5. The van der Waals surface area contributed by atoms with Gasteiger partial charge in [-0.15, -0.1) is 0 Å². The molecule has 1 fully saturated rings. The highest BCUT2D eigenvalue weighted by Gasteiger charge is 2.23. The third kappa shape index (κ3) is 5.07. The van der Waals surface area contributed by atoms with E-state index in [1.807, 2.05) is 42.6 Å². The molecule has 1 N–H and O–H groups in total. The van der Waals surface area contributed by atoms with Crippen molar-refractivity contribution in [3.05, 3.63) is 89.1 Å². The summed E-state index contributed by atoms with van der Waals surface area (Å²) in [6, 6.07) is 20.6. The Labute approximate surface area is 201 Å². The molecule has 2 aromatic carbocycles. The lowest BCUT2D eigenvalue weighted by molar-refractivity contribution is -0.00546. The number of fused-ring (bicyclic) bond motifs is 1. The molecule has 1 saturated heterocycles. The van der Waals surface area contributed by atoms with E-state index in [1.165, 1.54) is 11.1 Å². The average molecular weight is 457 g/mol. The number of morpholine rings is 1. The molecule has 6 heteroatoms. The molecule has 3 aromatic rings. The largest absolute Gasteiger partial charge is 0.372 e. The average Bonchev–Trinajstić information content (AvgIpc) is 2.87. The third-order valence-electron chi connectivity index (χ3n) is 6.63. The first-order valence-electron chi connectivity index (χ1n) is 12.1. The van der Waals surface area contributed by atoms with Gasteiger partial charge in [-0.3, -0.25) is 4.79 Å². The third-order valence-corrected chi connectivity index (χ3v) is 6.63. The number of hydrogen-bond acceptors (Lipinski definition) is 5. The maximum Gasteiger partial charge on any atom is 0.251 e. The van der Waals surface area contributed by atoms with Crippen molar-refractivity contribution in [1.29, 1.82) is 0 Å². The van der Waals surface area contributed by atoms with E-state index >= 15 is 0 Å². The Morgan fingerprint density at radius 2 is 1.71 bits per heavy atom. The molecule has 34 heavy (non-hydrogen) atoms. The lowest BCUT2D eigenvalue weighted by Crippen LogP contribution is -2.45. The van der Waals surface area contributed by atoms with E-state index < -0.39 is 0 Å². The van der Waals surface area contributed by atoms with Crippen molar-refractivity contribution >= 4 is 17.4 Å². The number of ether oxygens (including phenoxy) is 1. The molecule has 2 unspecified atom stereocenters. The van der Waals surface area contributed by atoms with E-state index in [2.05, 4.69) is 58.2 Å². The second-order valence-corrected chi connectivity index (χ2v) is 9.36. The predicted octanol–water partition coefficient (Wildman–Crippen LogP) is 4.19. The number of rotatable bonds is 5. The zero-order chi connectivity index (χ0) is 23.5. The summed E-state index contributed by atoms with van der Waals surface area (Å²) in [4.78, 5) is 21.9.